The Morgan fingerprint density at radius 2 is 1.85 bits per heavy atom. The lowest BCUT2D eigenvalue weighted by molar-refractivity contribution is -0.141. The Morgan fingerprint density at radius 3 is 2.48 bits per heavy atom. The lowest BCUT2D eigenvalue weighted by Gasteiger charge is -2.04. The first-order valence-corrected chi connectivity index (χ1v) is 9.29. The third kappa shape index (κ3) is 4.09. The molecule has 3 rings (SSSR count). The molecule has 1 heterocycles. The molecule has 0 aliphatic carbocycles. The number of fused-ring (bicyclic) bond motifs is 1. The first kappa shape index (κ1) is 18.8. The van der Waals surface area contributed by atoms with Crippen molar-refractivity contribution in [3.63, 3.8) is 0 Å². The molecule has 0 N–H and O–H groups in total. The minimum Gasteiger partial charge on any atom is -0.497 e. The van der Waals surface area contributed by atoms with Crippen LogP contribution in [0, 0.1) is 0 Å². The Morgan fingerprint density at radius 1 is 1.11 bits per heavy atom. The largest absolute Gasteiger partial charge is 0.497 e. The van der Waals surface area contributed by atoms with Crippen molar-refractivity contribution in [1.29, 1.82) is 0 Å². The molecule has 0 unspecified atom stereocenters. The van der Waals surface area contributed by atoms with Gasteiger partial charge in [0.1, 0.15) is 12.3 Å². The summed E-state index contributed by atoms with van der Waals surface area (Å²) in [6.07, 6.45) is 0.905. The summed E-state index contributed by atoms with van der Waals surface area (Å²) in [6, 6.07) is 12.8. The van der Waals surface area contributed by atoms with Crippen molar-refractivity contribution in [2.75, 3.05) is 14.2 Å². The number of carbonyl (C=O) groups excluding carboxylic acids is 2. The van der Waals surface area contributed by atoms with Gasteiger partial charge in [-0.3, -0.25) is 9.59 Å². The van der Waals surface area contributed by atoms with Gasteiger partial charge >= 0.3 is 5.97 Å². The Hall–Kier alpha value is -2.93. The molecule has 1 amide bonds. The Kier molecular flexibility index (Phi) is 5.71. The third-order valence-corrected chi connectivity index (χ3v) is 5.25. The van der Waals surface area contributed by atoms with E-state index in [9.17, 15) is 9.59 Å². The van der Waals surface area contributed by atoms with Crippen molar-refractivity contribution in [2.45, 2.75) is 19.9 Å². The normalized spacial score (nSPS) is 11.6. The molecule has 0 fully saturated rings. The van der Waals surface area contributed by atoms with Crippen LogP contribution in [-0.4, -0.2) is 30.7 Å². The quantitative estimate of drug-likeness (QED) is 0.634. The second kappa shape index (κ2) is 8.18. The Labute approximate surface area is 160 Å². The molecule has 0 saturated heterocycles. The number of aromatic nitrogens is 1. The highest BCUT2D eigenvalue weighted by atomic mass is 32.1. The molecule has 1 aromatic heterocycles. The van der Waals surface area contributed by atoms with Gasteiger partial charge in [0.25, 0.3) is 5.91 Å². The Balaban J connectivity index is 2.09. The van der Waals surface area contributed by atoms with Crippen LogP contribution in [-0.2, 0) is 22.5 Å². The highest BCUT2D eigenvalue weighted by Crippen LogP contribution is 2.20. The topological polar surface area (TPSA) is 69.9 Å². The summed E-state index contributed by atoms with van der Waals surface area (Å²) in [4.78, 5) is 29.2. The molecular weight excluding hydrogens is 364 g/mol. The highest BCUT2D eigenvalue weighted by molar-refractivity contribution is 7.16. The molecule has 0 atom stereocenters. The summed E-state index contributed by atoms with van der Waals surface area (Å²) >= 11 is 1.38. The fourth-order valence-electron chi connectivity index (χ4n) is 2.65. The van der Waals surface area contributed by atoms with E-state index in [1.807, 2.05) is 12.1 Å². The van der Waals surface area contributed by atoms with E-state index in [1.54, 1.807) is 35.9 Å². The SMILES string of the molecule is CCc1ccc2c(c1)sc(=NC(=O)c1ccc(OC)cc1)n2CC(=O)OC. The number of hydrogen-bond donors (Lipinski definition) is 0. The highest BCUT2D eigenvalue weighted by Gasteiger charge is 2.13. The molecule has 0 radical (unpaired) electrons. The molecule has 0 aliphatic heterocycles. The first-order chi connectivity index (χ1) is 13.0. The number of hydrogen-bond acceptors (Lipinski definition) is 5. The van der Waals surface area contributed by atoms with Gasteiger partial charge in [-0.1, -0.05) is 24.3 Å². The summed E-state index contributed by atoms with van der Waals surface area (Å²) in [7, 11) is 2.91. The zero-order valence-corrected chi connectivity index (χ0v) is 16.2. The van der Waals surface area contributed by atoms with Gasteiger partial charge in [-0.2, -0.15) is 4.99 Å². The molecule has 27 heavy (non-hydrogen) atoms. The van der Waals surface area contributed by atoms with Crippen molar-refractivity contribution in [3.05, 3.63) is 58.4 Å². The van der Waals surface area contributed by atoms with E-state index in [0.717, 1.165) is 16.6 Å². The Bertz CT molecular complexity index is 1050. The fraction of sp³-hybridized carbons (Fsp3) is 0.250. The average Bonchev–Trinajstić information content (AvgIpc) is 3.03. The van der Waals surface area contributed by atoms with Gasteiger partial charge in [-0.05, 0) is 48.4 Å². The van der Waals surface area contributed by atoms with E-state index >= 15 is 0 Å². The molecule has 0 spiro atoms. The van der Waals surface area contributed by atoms with Crippen LogP contribution < -0.4 is 9.54 Å². The van der Waals surface area contributed by atoms with Crippen LogP contribution in [0.15, 0.2) is 47.5 Å². The number of methoxy groups -OCH3 is 2. The number of carbonyl (C=O) groups is 2. The van der Waals surface area contributed by atoms with Gasteiger partial charge in [-0.15, -0.1) is 0 Å². The smallest absolute Gasteiger partial charge is 0.325 e. The lowest BCUT2D eigenvalue weighted by atomic mass is 10.2. The summed E-state index contributed by atoms with van der Waals surface area (Å²) in [5, 5.41) is 0. The van der Waals surface area contributed by atoms with E-state index in [2.05, 4.69) is 18.0 Å². The van der Waals surface area contributed by atoms with Gasteiger partial charge in [0.2, 0.25) is 0 Å². The van der Waals surface area contributed by atoms with Crippen molar-refractivity contribution in [3.8, 4) is 5.75 Å². The molecule has 140 valence electrons. The number of ether oxygens (including phenoxy) is 2. The predicted molar refractivity (Wildman–Crippen MR) is 104 cm³/mol. The van der Waals surface area contributed by atoms with Gasteiger partial charge < -0.3 is 14.0 Å². The number of esters is 1. The van der Waals surface area contributed by atoms with Crippen LogP contribution in [0.2, 0.25) is 0 Å². The van der Waals surface area contributed by atoms with Crippen molar-refractivity contribution in [1.82, 2.24) is 4.57 Å². The number of amides is 1. The van der Waals surface area contributed by atoms with Crippen LogP contribution in [0.5, 0.6) is 5.75 Å². The van der Waals surface area contributed by atoms with Crippen molar-refractivity contribution in [2.24, 2.45) is 4.99 Å². The van der Waals surface area contributed by atoms with E-state index < -0.39 is 5.97 Å². The molecule has 0 aliphatic rings. The van der Waals surface area contributed by atoms with E-state index in [1.165, 1.54) is 24.0 Å². The summed E-state index contributed by atoms with van der Waals surface area (Å²) in [5.74, 6) is -0.104. The molecule has 6 nitrogen and oxygen atoms in total. The minimum atomic E-state index is -0.396. The van der Waals surface area contributed by atoms with E-state index in [-0.39, 0.29) is 12.5 Å². The standard InChI is InChI=1S/C20H20N2O4S/c1-4-13-5-10-16-17(11-13)27-20(22(16)12-18(23)26-3)21-19(24)14-6-8-15(25-2)9-7-14/h5-11H,4,12H2,1-3H3. The molecule has 2 aromatic carbocycles. The molecule has 0 saturated carbocycles. The van der Waals surface area contributed by atoms with E-state index in [0.29, 0.717) is 16.1 Å². The van der Waals surface area contributed by atoms with Crippen LogP contribution in [0.1, 0.15) is 22.8 Å². The maximum Gasteiger partial charge on any atom is 0.325 e. The molecule has 7 heteroatoms. The zero-order chi connectivity index (χ0) is 19.4. The number of benzene rings is 2. The number of thiazole rings is 1. The average molecular weight is 384 g/mol. The van der Waals surface area contributed by atoms with Crippen molar-refractivity contribution >= 4 is 33.4 Å². The van der Waals surface area contributed by atoms with Gasteiger partial charge in [-0.25, -0.2) is 0 Å². The lowest BCUT2D eigenvalue weighted by Crippen LogP contribution is -2.22. The third-order valence-electron chi connectivity index (χ3n) is 4.20. The van der Waals surface area contributed by atoms with Crippen LogP contribution in [0.25, 0.3) is 10.2 Å². The fourth-order valence-corrected chi connectivity index (χ4v) is 3.75. The zero-order valence-electron chi connectivity index (χ0n) is 15.4. The van der Waals surface area contributed by atoms with Gasteiger partial charge in [0.05, 0.1) is 24.4 Å². The number of rotatable bonds is 5. The maximum atomic E-state index is 12.6. The number of nitrogens with zero attached hydrogens (tertiary/aromatic N) is 2. The predicted octanol–water partition coefficient (Wildman–Crippen LogP) is 3.19. The van der Waals surface area contributed by atoms with E-state index in [4.69, 9.17) is 9.47 Å². The first-order valence-electron chi connectivity index (χ1n) is 8.48. The number of aryl methyl sites for hydroxylation is 1. The summed E-state index contributed by atoms with van der Waals surface area (Å²) in [5.41, 5.74) is 2.48. The van der Waals surface area contributed by atoms with Crippen LogP contribution in [0.3, 0.4) is 0 Å². The molecule has 3 aromatic rings. The molecule has 0 bridgehead atoms. The van der Waals surface area contributed by atoms with Crippen LogP contribution in [0.4, 0.5) is 0 Å². The summed E-state index contributed by atoms with van der Waals surface area (Å²) in [6.45, 7) is 2.08. The minimum absolute atomic E-state index is 0.00328. The summed E-state index contributed by atoms with van der Waals surface area (Å²) < 4.78 is 12.6. The van der Waals surface area contributed by atoms with Crippen LogP contribution >= 0.6 is 11.3 Å². The van der Waals surface area contributed by atoms with Gasteiger partial charge in [0.15, 0.2) is 4.80 Å². The second-order valence-corrected chi connectivity index (χ2v) is 6.86. The second-order valence-electron chi connectivity index (χ2n) is 5.85. The monoisotopic (exact) mass is 384 g/mol. The maximum absolute atomic E-state index is 12.6. The van der Waals surface area contributed by atoms with Gasteiger partial charge in [0, 0.05) is 5.56 Å². The molecular formula is C20H20N2O4S. The van der Waals surface area contributed by atoms with Crippen molar-refractivity contribution < 1.29 is 19.1 Å².